The predicted molar refractivity (Wildman–Crippen MR) is 73.2 cm³/mol. The van der Waals surface area contributed by atoms with E-state index in [2.05, 4.69) is 0 Å². The van der Waals surface area contributed by atoms with E-state index < -0.39 is 12.0 Å². The van der Waals surface area contributed by atoms with E-state index in [1.807, 2.05) is 0 Å². The van der Waals surface area contributed by atoms with Crippen LogP contribution in [0.4, 0.5) is 4.39 Å². The molecule has 0 bridgehead atoms. The molecular formula is C15H18FNO4. The van der Waals surface area contributed by atoms with Gasteiger partial charge in [-0.2, -0.15) is 0 Å². The fourth-order valence-corrected chi connectivity index (χ4v) is 2.42. The van der Waals surface area contributed by atoms with Gasteiger partial charge in [-0.15, -0.1) is 0 Å². The van der Waals surface area contributed by atoms with Crippen LogP contribution in [0.25, 0.3) is 0 Å². The first-order chi connectivity index (χ1) is 9.99. The van der Waals surface area contributed by atoms with Gasteiger partial charge in [0, 0.05) is 12.5 Å². The Kier molecular flexibility index (Phi) is 4.90. The number of aliphatic carboxylic acids is 1. The second-order valence-corrected chi connectivity index (χ2v) is 5.19. The molecule has 2 atom stereocenters. The molecule has 6 heteroatoms. The van der Waals surface area contributed by atoms with Crippen LogP contribution >= 0.6 is 0 Å². The average Bonchev–Trinajstić information content (AvgIpc) is 2.48. The molecule has 5 nitrogen and oxygen atoms in total. The summed E-state index contributed by atoms with van der Waals surface area (Å²) in [4.78, 5) is 25.0. The SMILES string of the molecule is C[C@@H](Cc1ccc(F)cc1)C(=O)N1CCOC[C@H]1C(=O)O. The van der Waals surface area contributed by atoms with Crippen LogP contribution in [0.15, 0.2) is 24.3 Å². The maximum Gasteiger partial charge on any atom is 0.328 e. The molecule has 0 aliphatic carbocycles. The summed E-state index contributed by atoms with van der Waals surface area (Å²) in [7, 11) is 0. The number of carbonyl (C=O) groups excluding carboxylic acids is 1. The third-order valence-electron chi connectivity index (χ3n) is 3.57. The molecule has 1 amide bonds. The summed E-state index contributed by atoms with van der Waals surface area (Å²) in [5, 5.41) is 9.14. The first-order valence-corrected chi connectivity index (χ1v) is 6.84. The first kappa shape index (κ1) is 15.4. The number of hydrogen-bond donors (Lipinski definition) is 1. The molecule has 1 N–H and O–H groups in total. The Labute approximate surface area is 122 Å². The van der Waals surface area contributed by atoms with Crippen molar-refractivity contribution in [3.8, 4) is 0 Å². The first-order valence-electron chi connectivity index (χ1n) is 6.84. The van der Waals surface area contributed by atoms with Gasteiger partial charge >= 0.3 is 5.97 Å². The Balaban J connectivity index is 2.03. The normalized spacial score (nSPS) is 20.1. The zero-order valence-corrected chi connectivity index (χ0v) is 11.8. The standard InChI is InChI=1S/C15H18FNO4/c1-10(8-11-2-4-12(16)5-3-11)14(18)17-6-7-21-9-13(17)15(19)20/h2-5,10,13H,6-9H2,1H3,(H,19,20)/t10-,13-/m0/s1. The van der Waals surface area contributed by atoms with Crippen LogP contribution in [0.1, 0.15) is 12.5 Å². The van der Waals surface area contributed by atoms with Gasteiger partial charge < -0.3 is 14.7 Å². The number of nitrogens with zero attached hydrogens (tertiary/aromatic N) is 1. The van der Waals surface area contributed by atoms with E-state index >= 15 is 0 Å². The number of ether oxygens (including phenoxy) is 1. The van der Waals surface area contributed by atoms with Gasteiger partial charge in [0.1, 0.15) is 5.82 Å². The lowest BCUT2D eigenvalue weighted by Crippen LogP contribution is -2.54. The maximum atomic E-state index is 12.9. The number of hydrogen-bond acceptors (Lipinski definition) is 3. The molecule has 114 valence electrons. The van der Waals surface area contributed by atoms with Gasteiger partial charge in [-0.25, -0.2) is 9.18 Å². The Hall–Kier alpha value is -1.95. The largest absolute Gasteiger partial charge is 0.480 e. The summed E-state index contributed by atoms with van der Waals surface area (Å²) in [6, 6.07) is 5.03. The molecular weight excluding hydrogens is 277 g/mol. The summed E-state index contributed by atoms with van der Waals surface area (Å²) < 4.78 is 18.0. The molecule has 1 fully saturated rings. The van der Waals surface area contributed by atoms with Gasteiger partial charge in [0.05, 0.1) is 13.2 Å². The Bertz CT molecular complexity index is 517. The van der Waals surface area contributed by atoms with Crippen LogP contribution in [-0.2, 0) is 20.7 Å². The molecule has 1 aliphatic heterocycles. The molecule has 0 spiro atoms. The van der Waals surface area contributed by atoms with Crippen molar-refractivity contribution in [1.82, 2.24) is 4.90 Å². The third kappa shape index (κ3) is 3.78. The minimum atomic E-state index is -1.06. The number of halogens is 1. The van der Waals surface area contributed by atoms with Gasteiger partial charge in [0.2, 0.25) is 5.91 Å². The summed E-state index contributed by atoms with van der Waals surface area (Å²) >= 11 is 0. The van der Waals surface area contributed by atoms with E-state index in [9.17, 15) is 14.0 Å². The lowest BCUT2D eigenvalue weighted by atomic mass is 9.99. The third-order valence-corrected chi connectivity index (χ3v) is 3.57. The second-order valence-electron chi connectivity index (χ2n) is 5.19. The number of carbonyl (C=O) groups is 2. The van der Waals surface area contributed by atoms with Gasteiger partial charge in [-0.3, -0.25) is 4.79 Å². The fourth-order valence-electron chi connectivity index (χ4n) is 2.42. The van der Waals surface area contributed by atoms with Gasteiger partial charge in [0.25, 0.3) is 0 Å². The molecule has 0 radical (unpaired) electrons. The Morgan fingerprint density at radius 1 is 1.43 bits per heavy atom. The summed E-state index contributed by atoms with van der Waals surface area (Å²) in [5.41, 5.74) is 0.845. The number of benzene rings is 1. The highest BCUT2D eigenvalue weighted by Crippen LogP contribution is 2.16. The average molecular weight is 295 g/mol. The molecule has 1 saturated heterocycles. The van der Waals surface area contributed by atoms with Crippen molar-refractivity contribution in [2.75, 3.05) is 19.8 Å². The molecule has 21 heavy (non-hydrogen) atoms. The van der Waals surface area contributed by atoms with E-state index in [0.717, 1.165) is 5.56 Å². The molecule has 1 heterocycles. The second kappa shape index (κ2) is 6.67. The minimum Gasteiger partial charge on any atom is -0.480 e. The lowest BCUT2D eigenvalue weighted by Gasteiger charge is -2.34. The highest BCUT2D eigenvalue weighted by Gasteiger charge is 2.34. The van der Waals surface area contributed by atoms with E-state index in [4.69, 9.17) is 9.84 Å². The van der Waals surface area contributed by atoms with Gasteiger partial charge in [-0.1, -0.05) is 19.1 Å². The van der Waals surface area contributed by atoms with Crippen LogP contribution in [-0.4, -0.2) is 47.7 Å². The van der Waals surface area contributed by atoms with Gasteiger partial charge in [0.15, 0.2) is 6.04 Å². The van der Waals surface area contributed by atoms with Crippen molar-refractivity contribution >= 4 is 11.9 Å². The smallest absolute Gasteiger partial charge is 0.328 e. The van der Waals surface area contributed by atoms with Crippen molar-refractivity contribution in [2.24, 2.45) is 5.92 Å². The fraction of sp³-hybridized carbons (Fsp3) is 0.467. The number of morpholine rings is 1. The molecule has 1 aliphatic rings. The van der Waals surface area contributed by atoms with Crippen LogP contribution in [0.2, 0.25) is 0 Å². The zero-order valence-electron chi connectivity index (χ0n) is 11.8. The van der Waals surface area contributed by atoms with Crippen LogP contribution in [0.5, 0.6) is 0 Å². The molecule has 1 aromatic carbocycles. The quantitative estimate of drug-likeness (QED) is 0.909. The molecule has 0 saturated carbocycles. The van der Waals surface area contributed by atoms with E-state index in [-0.39, 0.29) is 30.8 Å². The maximum absolute atomic E-state index is 12.9. The van der Waals surface area contributed by atoms with Crippen molar-refractivity contribution in [1.29, 1.82) is 0 Å². The predicted octanol–water partition coefficient (Wildman–Crippen LogP) is 1.32. The molecule has 0 aromatic heterocycles. The molecule has 2 rings (SSSR count). The summed E-state index contributed by atoms with van der Waals surface area (Å²) in [5.74, 6) is -1.96. The van der Waals surface area contributed by atoms with Crippen molar-refractivity contribution in [3.63, 3.8) is 0 Å². The number of amides is 1. The molecule has 1 aromatic rings. The van der Waals surface area contributed by atoms with Crippen LogP contribution in [0, 0.1) is 11.7 Å². The Morgan fingerprint density at radius 2 is 2.10 bits per heavy atom. The van der Waals surface area contributed by atoms with Gasteiger partial charge in [-0.05, 0) is 24.1 Å². The van der Waals surface area contributed by atoms with E-state index in [0.29, 0.717) is 13.0 Å². The van der Waals surface area contributed by atoms with Crippen molar-refractivity contribution in [3.05, 3.63) is 35.6 Å². The highest BCUT2D eigenvalue weighted by molar-refractivity contribution is 5.85. The Morgan fingerprint density at radius 3 is 2.71 bits per heavy atom. The monoisotopic (exact) mass is 295 g/mol. The summed E-state index contributed by atoms with van der Waals surface area (Å²) in [6.45, 7) is 2.40. The van der Waals surface area contributed by atoms with Crippen molar-refractivity contribution in [2.45, 2.75) is 19.4 Å². The number of carboxylic acids is 1. The van der Waals surface area contributed by atoms with E-state index in [1.54, 1.807) is 19.1 Å². The van der Waals surface area contributed by atoms with Crippen LogP contribution < -0.4 is 0 Å². The lowest BCUT2D eigenvalue weighted by molar-refractivity contribution is -0.160. The van der Waals surface area contributed by atoms with E-state index in [1.165, 1.54) is 17.0 Å². The van der Waals surface area contributed by atoms with Crippen LogP contribution in [0.3, 0.4) is 0 Å². The zero-order chi connectivity index (χ0) is 15.4. The van der Waals surface area contributed by atoms with Crippen molar-refractivity contribution < 1.29 is 23.8 Å². The summed E-state index contributed by atoms with van der Waals surface area (Å²) in [6.07, 6.45) is 0.447. The topological polar surface area (TPSA) is 66.8 Å². The number of carboxylic acid groups (broad SMARTS) is 1. The highest BCUT2D eigenvalue weighted by atomic mass is 19.1. The minimum absolute atomic E-state index is 0.0182. The molecule has 0 unspecified atom stereocenters. The number of rotatable bonds is 4.